The number of ketones is 1. The number of allylic oxidation sites excluding steroid dienone is 1. The highest BCUT2D eigenvalue weighted by molar-refractivity contribution is 8.22. The molecule has 2 rings (SSSR count). The summed E-state index contributed by atoms with van der Waals surface area (Å²) in [6, 6.07) is 6.11. The Hall–Kier alpha value is -1.74. The number of hydrogen-bond donors (Lipinski definition) is 2. The summed E-state index contributed by atoms with van der Waals surface area (Å²) in [5, 5.41) is 29.1. The van der Waals surface area contributed by atoms with E-state index in [0.29, 0.717) is 9.80 Å². The van der Waals surface area contributed by atoms with Gasteiger partial charge in [-0.2, -0.15) is 0 Å². The molecule has 1 aromatic carbocycles. The maximum atomic E-state index is 12.2. The van der Waals surface area contributed by atoms with Crippen molar-refractivity contribution in [3.8, 4) is 0 Å². The first-order valence-electron chi connectivity index (χ1n) is 6.70. The minimum atomic E-state index is -1.48. The third-order valence-corrected chi connectivity index (χ3v) is 5.56. The van der Waals surface area contributed by atoms with Gasteiger partial charge in [0.05, 0.1) is 21.5 Å². The third-order valence-electron chi connectivity index (χ3n) is 2.94. The number of rotatable bonds is 5. The second-order valence-corrected chi connectivity index (χ2v) is 7.05. The molecule has 1 saturated heterocycles. The van der Waals surface area contributed by atoms with Crippen molar-refractivity contribution in [1.82, 2.24) is 0 Å². The molecule has 2 N–H and O–H groups in total. The highest BCUT2D eigenvalue weighted by Gasteiger charge is 2.18. The van der Waals surface area contributed by atoms with E-state index < -0.39 is 11.8 Å². The van der Waals surface area contributed by atoms with Gasteiger partial charge < -0.3 is 9.90 Å². The van der Waals surface area contributed by atoms with Gasteiger partial charge in [0.2, 0.25) is 0 Å². The van der Waals surface area contributed by atoms with E-state index in [1.54, 1.807) is 12.1 Å². The molecule has 0 radical (unpaired) electrons. The summed E-state index contributed by atoms with van der Waals surface area (Å²) in [5.74, 6) is -0.568. The number of aliphatic carboxylic acids is 1. The normalized spacial score (nSPS) is 14.8. The van der Waals surface area contributed by atoms with Crippen molar-refractivity contribution < 1.29 is 25.1 Å². The van der Waals surface area contributed by atoms with Crippen LogP contribution in [0.1, 0.15) is 12.0 Å². The fourth-order valence-electron chi connectivity index (χ4n) is 1.87. The quantitative estimate of drug-likeness (QED) is 0.357. The van der Waals surface area contributed by atoms with E-state index in [1.165, 1.54) is 41.7 Å². The zero-order valence-electron chi connectivity index (χ0n) is 12.0. The van der Waals surface area contributed by atoms with Crippen molar-refractivity contribution in [1.29, 1.82) is 0 Å². The number of nitrogens with zero attached hydrogens (tertiary/aromatic N) is 1. The Morgan fingerprint density at radius 2 is 1.91 bits per heavy atom. The SMILES string of the molecule is O=C([O-])C(C(=O)C=Cc1cccc(N(O)O)c1)=C1SCCCS1. The average Bonchev–Trinajstić information content (AvgIpc) is 2.54. The Bertz CT molecular complexity index is 662. The minimum absolute atomic E-state index is 0.0386. The van der Waals surface area contributed by atoms with E-state index in [-0.39, 0.29) is 16.5 Å². The van der Waals surface area contributed by atoms with Crippen LogP contribution in [-0.4, -0.2) is 33.7 Å². The van der Waals surface area contributed by atoms with E-state index in [0.717, 1.165) is 24.0 Å². The van der Waals surface area contributed by atoms with Crippen LogP contribution in [0, 0.1) is 0 Å². The monoisotopic (exact) mass is 352 g/mol. The molecule has 0 atom stereocenters. The van der Waals surface area contributed by atoms with Gasteiger partial charge in [0, 0.05) is 0 Å². The molecule has 8 heteroatoms. The summed E-state index contributed by atoms with van der Waals surface area (Å²) in [4.78, 5) is 23.4. The lowest BCUT2D eigenvalue weighted by Crippen LogP contribution is -2.29. The van der Waals surface area contributed by atoms with Gasteiger partial charge >= 0.3 is 0 Å². The Balaban J connectivity index is 2.21. The summed E-state index contributed by atoms with van der Waals surface area (Å²) in [6.45, 7) is 0. The minimum Gasteiger partial charge on any atom is -0.545 e. The molecule has 1 fully saturated rings. The first-order valence-corrected chi connectivity index (χ1v) is 8.67. The molecule has 1 heterocycles. The first kappa shape index (κ1) is 17.6. The van der Waals surface area contributed by atoms with Crippen LogP contribution in [0.4, 0.5) is 5.69 Å². The van der Waals surface area contributed by atoms with Crippen molar-refractivity contribution in [2.24, 2.45) is 0 Å². The Labute approximate surface area is 141 Å². The largest absolute Gasteiger partial charge is 0.545 e. The van der Waals surface area contributed by atoms with E-state index in [9.17, 15) is 14.7 Å². The molecule has 1 aliphatic heterocycles. The van der Waals surface area contributed by atoms with Crippen LogP contribution < -0.4 is 10.3 Å². The molecule has 23 heavy (non-hydrogen) atoms. The maximum Gasteiger partial charge on any atom is 0.189 e. The van der Waals surface area contributed by atoms with Gasteiger partial charge in [-0.15, -0.1) is 28.8 Å². The summed E-state index contributed by atoms with van der Waals surface area (Å²) in [7, 11) is 0. The van der Waals surface area contributed by atoms with Gasteiger partial charge in [0.25, 0.3) is 0 Å². The summed E-state index contributed by atoms with van der Waals surface area (Å²) >= 11 is 2.70. The number of carbonyl (C=O) groups is 2. The number of carbonyl (C=O) groups excluding carboxylic acids is 2. The average molecular weight is 352 g/mol. The summed E-state index contributed by atoms with van der Waals surface area (Å²) in [5.41, 5.74) is 0.324. The van der Waals surface area contributed by atoms with Crippen LogP contribution in [-0.2, 0) is 9.59 Å². The zero-order chi connectivity index (χ0) is 16.8. The molecule has 1 aliphatic rings. The molecule has 0 bridgehead atoms. The topological polar surface area (TPSA) is 101 Å². The van der Waals surface area contributed by atoms with Crippen molar-refractivity contribution >= 4 is 47.0 Å². The number of anilines is 1. The van der Waals surface area contributed by atoms with Gasteiger partial charge in [-0.1, -0.05) is 18.2 Å². The molecule has 1 aromatic rings. The van der Waals surface area contributed by atoms with Crippen LogP contribution in [0.25, 0.3) is 6.08 Å². The Kier molecular flexibility index (Phi) is 6.28. The lowest BCUT2D eigenvalue weighted by Gasteiger charge is -2.17. The van der Waals surface area contributed by atoms with Crippen LogP contribution in [0.3, 0.4) is 0 Å². The maximum absolute atomic E-state index is 12.2. The second kappa shape index (κ2) is 8.21. The second-order valence-electron chi connectivity index (χ2n) is 4.58. The molecule has 0 spiro atoms. The molecule has 0 unspecified atom stereocenters. The van der Waals surface area contributed by atoms with E-state index in [1.807, 2.05) is 0 Å². The van der Waals surface area contributed by atoms with Crippen LogP contribution in [0.5, 0.6) is 0 Å². The number of carboxylic acids is 1. The van der Waals surface area contributed by atoms with Gasteiger partial charge in [0.15, 0.2) is 5.78 Å². The molecular weight excluding hydrogens is 338 g/mol. The van der Waals surface area contributed by atoms with Crippen molar-refractivity contribution in [3.63, 3.8) is 0 Å². The molecule has 0 aliphatic carbocycles. The highest BCUT2D eigenvalue weighted by Crippen LogP contribution is 2.37. The summed E-state index contributed by atoms with van der Waals surface area (Å²) in [6.07, 6.45) is 3.53. The standard InChI is InChI=1S/C15H15NO5S2/c17-12(13(14(18)19)15-22-7-2-8-23-15)6-5-10-3-1-4-11(9-10)16(20)21/h1,3-6,9,20-21H,2,7-8H2,(H,18,19)/p-1. The van der Waals surface area contributed by atoms with Crippen LogP contribution in [0.15, 0.2) is 40.2 Å². The highest BCUT2D eigenvalue weighted by atomic mass is 32.2. The number of benzene rings is 1. The van der Waals surface area contributed by atoms with Crippen molar-refractivity contribution in [3.05, 3.63) is 45.7 Å². The van der Waals surface area contributed by atoms with Crippen molar-refractivity contribution in [2.45, 2.75) is 6.42 Å². The Morgan fingerprint density at radius 1 is 1.22 bits per heavy atom. The van der Waals surface area contributed by atoms with Crippen LogP contribution >= 0.6 is 23.5 Å². The molecule has 0 aromatic heterocycles. The summed E-state index contributed by atoms with van der Waals surface area (Å²) < 4.78 is 0.483. The molecule has 0 amide bonds. The molecule has 122 valence electrons. The number of thioether (sulfide) groups is 2. The fraction of sp³-hybridized carbons (Fsp3) is 0.200. The van der Waals surface area contributed by atoms with Gasteiger partial charge in [0.1, 0.15) is 0 Å². The predicted octanol–water partition coefficient (Wildman–Crippen LogP) is 1.69. The first-order chi connectivity index (χ1) is 11.0. The molecular formula is C15H14NO5S2-. The van der Waals surface area contributed by atoms with E-state index in [2.05, 4.69) is 0 Å². The van der Waals surface area contributed by atoms with Gasteiger partial charge in [-0.25, -0.2) is 0 Å². The predicted molar refractivity (Wildman–Crippen MR) is 88.1 cm³/mol. The zero-order valence-corrected chi connectivity index (χ0v) is 13.6. The smallest absolute Gasteiger partial charge is 0.189 e. The lowest BCUT2D eigenvalue weighted by atomic mass is 10.1. The van der Waals surface area contributed by atoms with Crippen LogP contribution in [0.2, 0.25) is 0 Å². The van der Waals surface area contributed by atoms with Gasteiger partial charge in [-0.3, -0.25) is 15.2 Å². The van der Waals surface area contributed by atoms with E-state index in [4.69, 9.17) is 10.4 Å². The third kappa shape index (κ3) is 4.87. The number of carboxylic acid groups (broad SMARTS) is 1. The number of hydrogen-bond acceptors (Lipinski definition) is 8. The van der Waals surface area contributed by atoms with E-state index >= 15 is 0 Å². The van der Waals surface area contributed by atoms with Crippen molar-refractivity contribution in [2.75, 3.05) is 16.7 Å². The lowest BCUT2D eigenvalue weighted by molar-refractivity contribution is -0.298. The molecule has 0 saturated carbocycles. The Morgan fingerprint density at radius 3 is 2.52 bits per heavy atom. The van der Waals surface area contributed by atoms with Gasteiger partial charge in [-0.05, 0) is 41.7 Å². The molecule has 6 nitrogen and oxygen atoms in total. The fourth-order valence-corrected chi connectivity index (χ4v) is 4.49.